The number of nitrogens with zero attached hydrogens (tertiary/aromatic N) is 7. The van der Waals surface area contributed by atoms with Crippen LogP contribution in [0.3, 0.4) is 0 Å². The van der Waals surface area contributed by atoms with Crippen LogP contribution in [-0.4, -0.2) is 91.1 Å². The van der Waals surface area contributed by atoms with Crippen LogP contribution in [0.5, 0.6) is 0 Å². The number of fused-ring (bicyclic) bond motifs is 2. The minimum atomic E-state index is -4.60. The van der Waals surface area contributed by atoms with Gasteiger partial charge in [0.25, 0.3) is 5.56 Å². The van der Waals surface area contributed by atoms with E-state index < -0.39 is 70.4 Å². The maximum absolute atomic E-state index is 13.7. The first-order chi connectivity index (χ1) is 20.4. The Labute approximate surface area is 241 Å². The molecule has 4 aromatic heterocycles. The van der Waals surface area contributed by atoms with E-state index in [4.69, 9.17) is 34.9 Å². The van der Waals surface area contributed by atoms with Crippen LogP contribution < -0.4 is 17.0 Å². The molecule has 43 heavy (non-hydrogen) atoms. The van der Waals surface area contributed by atoms with Crippen molar-refractivity contribution in [2.45, 2.75) is 49.8 Å². The van der Waals surface area contributed by atoms with Gasteiger partial charge in [0.15, 0.2) is 28.9 Å². The highest BCUT2D eigenvalue weighted by Gasteiger charge is 2.51. The Morgan fingerprint density at radius 1 is 1.12 bits per heavy atom. The molecule has 0 spiro atoms. The quantitative estimate of drug-likeness (QED) is 0.126. The molecule has 2 fully saturated rings. The molecular weight excluding hydrogens is 614 g/mol. The van der Waals surface area contributed by atoms with Crippen molar-refractivity contribution in [1.82, 2.24) is 39.0 Å². The first kappa shape index (κ1) is 29.6. The molecule has 0 saturated carbocycles. The van der Waals surface area contributed by atoms with Crippen LogP contribution in [0.4, 0.5) is 11.8 Å². The summed E-state index contributed by atoms with van der Waals surface area (Å²) in [6, 6.07) is 0. The number of H-pyrrole nitrogens is 1. The van der Waals surface area contributed by atoms with Gasteiger partial charge in [-0.15, -0.1) is 9.42 Å². The summed E-state index contributed by atoms with van der Waals surface area (Å²) in [5.41, 5.74) is 10.3. The molecule has 0 radical (unpaired) electrons. The van der Waals surface area contributed by atoms with Crippen LogP contribution in [0.1, 0.15) is 25.8 Å². The van der Waals surface area contributed by atoms with Crippen LogP contribution in [0.25, 0.3) is 22.3 Å². The van der Waals surface area contributed by atoms with Gasteiger partial charge in [0, 0.05) is 10.5 Å². The molecule has 0 bridgehead atoms. The van der Waals surface area contributed by atoms with Gasteiger partial charge < -0.3 is 35.5 Å². The number of nitrogen functional groups attached to an aromatic ring is 2. The fraction of sp³-hybridized carbons (Fsp3) is 0.524. The Morgan fingerprint density at radius 2 is 1.84 bits per heavy atom. The number of aromatic amines is 1. The topological polar surface area (TPSA) is 291 Å². The van der Waals surface area contributed by atoms with Gasteiger partial charge in [-0.2, -0.15) is 4.98 Å². The lowest BCUT2D eigenvalue weighted by atomic mass is 10.0. The van der Waals surface area contributed by atoms with Crippen molar-refractivity contribution in [1.29, 1.82) is 0 Å². The summed E-state index contributed by atoms with van der Waals surface area (Å²) in [7, 11) is -7.57. The lowest BCUT2D eigenvalue weighted by Gasteiger charge is -2.25. The third-order valence-electron chi connectivity index (χ3n) is 7.45. The molecule has 4 aromatic rings. The monoisotopic (exact) mass is 641 g/mol. The molecule has 0 aromatic carbocycles. The van der Waals surface area contributed by atoms with E-state index in [0.717, 1.165) is 0 Å². The van der Waals surface area contributed by atoms with E-state index in [9.17, 15) is 23.9 Å². The summed E-state index contributed by atoms with van der Waals surface area (Å²) < 4.78 is 49.9. The van der Waals surface area contributed by atoms with Crippen LogP contribution in [0.15, 0.2) is 23.8 Å². The first-order valence-corrected chi connectivity index (χ1v) is 15.6. The number of rotatable bonds is 9. The van der Waals surface area contributed by atoms with Crippen molar-refractivity contribution in [2.24, 2.45) is 5.92 Å². The normalized spacial score (nSPS) is 29.4. The zero-order valence-electron chi connectivity index (χ0n) is 22.3. The van der Waals surface area contributed by atoms with Gasteiger partial charge >= 0.3 is 15.9 Å². The van der Waals surface area contributed by atoms with Crippen molar-refractivity contribution >= 4 is 49.9 Å². The lowest BCUT2D eigenvalue weighted by molar-refractivity contribution is -0.0428. The number of aliphatic hydroxyl groups excluding tert-OH is 1. The lowest BCUT2D eigenvalue weighted by Crippen LogP contribution is -2.30. The molecule has 2 unspecified atom stereocenters. The van der Waals surface area contributed by atoms with Gasteiger partial charge in [0.05, 0.1) is 31.5 Å². The minimum Gasteiger partial charge on any atom is -0.390 e. The third-order valence-corrected chi connectivity index (χ3v) is 9.64. The molecule has 2 aliphatic heterocycles. The van der Waals surface area contributed by atoms with E-state index in [1.54, 1.807) is 11.5 Å². The molecular formula is C21H27N10O10P2+. The molecule has 9 atom stereocenters. The highest BCUT2D eigenvalue weighted by molar-refractivity contribution is 7.53. The Balaban J connectivity index is 1.23. The molecule has 8 N–H and O–H groups in total. The zero-order chi connectivity index (χ0) is 30.6. The predicted octanol–water partition coefficient (Wildman–Crippen LogP) is -0.457. The number of ether oxygens (including phenoxy) is 2. The highest BCUT2D eigenvalue weighted by atomic mass is 31.2. The maximum Gasteiger partial charge on any atom is 0.694 e. The van der Waals surface area contributed by atoms with Crippen molar-refractivity contribution < 1.29 is 42.5 Å². The summed E-state index contributed by atoms with van der Waals surface area (Å²) in [6.07, 6.45) is -1.27. The van der Waals surface area contributed by atoms with Crippen molar-refractivity contribution in [2.75, 3.05) is 24.7 Å². The Hall–Kier alpha value is -3.45. The van der Waals surface area contributed by atoms with Crippen LogP contribution >= 0.6 is 15.9 Å². The van der Waals surface area contributed by atoms with Crippen molar-refractivity contribution in [3.8, 4) is 0 Å². The second-order valence-electron chi connectivity index (χ2n) is 10.1. The average molecular weight is 641 g/mol. The Morgan fingerprint density at radius 3 is 2.58 bits per heavy atom. The molecule has 6 heterocycles. The predicted molar refractivity (Wildman–Crippen MR) is 145 cm³/mol. The number of aromatic nitrogens is 8. The van der Waals surface area contributed by atoms with Crippen LogP contribution in [-0.2, 0) is 27.7 Å². The molecule has 230 valence electrons. The van der Waals surface area contributed by atoms with Crippen molar-refractivity contribution in [3.63, 3.8) is 0 Å². The Bertz CT molecular complexity index is 1800. The number of hydrogen-bond acceptors (Lipinski definition) is 15. The van der Waals surface area contributed by atoms with Gasteiger partial charge in [-0.1, -0.05) is 6.92 Å². The van der Waals surface area contributed by atoms with Crippen LogP contribution in [0, 0.1) is 5.92 Å². The maximum atomic E-state index is 13.7. The number of anilines is 2. The summed E-state index contributed by atoms with van der Waals surface area (Å²) in [4.78, 5) is 55.3. The number of aliphatic hydroxyl groups is 1. The molecule has 6 rings (SSSR count). The molecule has 2 aliphatic rings. The first-order valence-electron chi connectivity index (χ1n) is 12.8. The summed E-state index contributed by atoms with van der Waals surface area (Å²) >= 11 is 0. The van der Waals surface area contributed by atoms with Crippen molar-refractivity contribution in [3.05, 3.63) is 29.3 Å². The Kier molecular flexibility index (Phi) is 7.74. The third kappa shape index (κ3) is 5.41. The van der Waals surface area contributed by atoms with E-state index in [1.807, 2.05) is 0 Å². The minimum absolute atomic E-state index is 0.0192. The number of nitrogens with one attached hydrogen (secondary N) is 1. The number of hydrogen-bond donors (Lipinski definition) is 6. The number of nitrogens with two attached hydrogens (primary N) is 2. The van der Waals surface area contributed by atoms with Crippen LogP contribution in [0.2, 0.25) is 0 Å². The van der Waals surface area contributed by atoms with E-state index >= 15 is 0 Å². The molecule has 20 nitrogen and oxygen atoms in total. The number of imidazole rings is 2. The largest absolute Gasteiger partial charge is 0.694 e. The summed E-state index contributed by atoms with van der Waals surface area (Å²) in [5, 5.41) is 10.9. The smallest absolute Gasteiger partial charge is 0.390 e. The highest BCUT2D eigenvalue weighted by Crippen LogP contribution is 2.57. The van der Waals surface area contributed by atoms with Gasteiger partial charge in [0.2, 0.25) is 5.95 Å². The van der Waals surface area contributed by atoms with E-state index in [2.05, 4.69) is 29.9 Å². The van der Waals surface area contributed by atoms with Gasteiger partial charge in [0.1, 0.15) is 36.4 Å². The van der Waals surface area contributed by atoms with Gasteiger partial charge in [-0.3, -0.25) is 23.5 Å². The fourth-order valence-electron chi connectivity index (χ4n) is 5.34. The molecule has 22 heteroatoms. The van der Waals surface area contributed by atoms with E-state index in [1.165, 1.54) is 23.5 Å². The summed E-state index contributed by atoms with van der Waals surface area (Å²) in [5.74, 6) is -0.547. The standard InChI is InChI=1S/C21H26N10O10P2/c1-8-14(32)10(41-19(8)30-6-26-12-15(22)24-5-25-16(12)30)4-39-43(36,37)11-2-9(3-38-42(34)35)40-20(11)31-7-27-13-17(31)28-21(23)29-18(13)33/h5-11,14,19-20,32H,2-4H2,1H3,(H6-,22,23,24,25,28,29,33,34,35,36,37)/p+1/t8-,9-,10+,11+,14-,19+,20+/m0/s1. The van der Waals surface area contributed by atoms with E-state index in [-0.39, 0.29) is 36.0 Å². The molecule has 2 saturated heterocycles. The second-order valence-corrected chi connectivity index (χ2v) is 12.9. The summed E-state index contributed by atoms with van der Waals surface area (Å²) in [6.45, 7) is 0.867. The fourth-order valence-corrected chi connectivity index (χ4v) is 7.22. The average Bonchev–Trinajstić information content (AvgIpc) is 3.72. The SMILES string of the molecule is C[C@H]1[C@H](O)[C@@H](COP(=O)(O)[C@@H]2C[C@@H](CO[P+](=O)O)O[C@H]2n2cnc3c(=O)[nH]c(N)nc32)O[C@H]1n1cnc2c(N)ncnc21. The molecule has 0 aliphatic carbocycles. The van der Waals surface area contributed by atoms with E-state index in [0.29, 0.717) is 11.2 Å². The van der Waals surface area contributed by atoms with Gasteiger partial charge in [-0.05, 0) is 6.42 Å². The van der Waals surface area contributed by atoms with Gasteiger partial charge in [-0.25, -0.2) is 19.9 Å². The zero-order valence-corrected chi connectivity index (χ0v) is 24.1. The second kappa shape index (κ2) is 11.2. The molecule has 0 amide bonds.